The number of benzene rings is 1. The first kappa shape index (κ1) is 19.5. The van der Waals surface area contributed by atoms with Crippen molar-refractivity contribution in [2.45, 2.75) is 44.1 Å². The van der Waals surface area contributed by atoms with E-state index >= 15 is 0 Å². The molecule has 1 saturated heterocycles. The summed E-state index contributed by atoms with van der Waals surface area (Å²) in [5.41, 5.74) is -1.65. The zero-order chi connectivity index (χ0) is 19.9. The number of piperidine rings is 1. The number of likely N-dealkylation sites (tertiary alicyclic amines) is 1. The molecule has 1 aliphatic carbocycles. The van der Waals surface area contributed by atoms with E-state index in [1.165, 1.54) is 24.3 Å². The molecule has 1 heterocycles. The Hall–Kier alpha value is -2.29. The van der Waals surface area contributed by atoms with Crippen molar-refractivity contribution in [1.29, 1.82) is 0 Å². The summed E-state index contributed by atoms with van der Waals surface area (Å²) in [5.74, 6) is -1.69. The largest absolute Gasteiger partial charge is 0.573 e. The molecule has 0 bridgehead atoms. The lowest BCUT2D eigenvalue weighted by Crippen LogP contribution is -2.52. The van der Waals surface area contributed by atoms with Crippen molar-refractivity contribution in [2.24, 2.45) is 5.41 Å². The molecule has 3 rings (SSSR count). The van der Waals surface area contributed by atoms with Crippen LogP contribution in [0.1, 0.15) is 31.2 Å². The number of carbonyl (C=O) groups is 2. The first-order chi connectivity index (χ1) is 12.5. The van der Waals surface area contributed by atoms with Crippen molar-refractivity contribution in [3.8, 4) is 5.75 Å². The Morgan fingerprint density at radius 3 is 2.07 bits per heavy atom. The van der Waals surface area contributed by atoms with Gasteiger partial charge < -0.3 is 19.8 Å². The van der Waals surface area contributed by atoms with Crippen molar-refractivity contribution in [2.75, 3.05) is 13.1 Å². The summed E-state index contributed by atoms with van der Waals surface area (Å²) in [6.07, 6.45) is -3.04. The van der Waals surface area contributed by atoms with E-state index in [9.17, 15) is 27.9 Å². The first-order valence-electron chi connectivity index (χ1n) is 8.63. The van der Waals surface area contributed by atoms with Crippen LogP contribution in [0.2, 0.25) is 0 Å². The number of nitrogens with zero attached hydrogens (tertiary/aromatic N) is 1. The predicted molar refractivity (Wildman–Crippen MR) is 86.9 cm³/mol. The quantitative estimate of drug-likeness (QED) is 0.810. The Morgan fingerprint density at radius 2 is 1.63 bits per heavy atom. The van der Waals surface area contributed by atoms with Gasteiger partial charge in [-0.15, -0.1) is 13.2 Å². The number of amides is 1. The zero-order valence-electron chi connectivity index (χ0n) is 14.5. The number of aliphatic hydroxyl groups is 1. The molecule has 1 aliphatic heterocycles. The Bertz CT molecular complexity index is 720. The van der Waals surface area contributed by atoms with E-state index in [2.05, 4.69) is 4.74 Å². The number of carboxylic acids is 1. The van der Waals surface area contributed by atoms with Crippen LogP contribution in [0.25, 0.3) is 0 Å². The number of carbonyl (C=O) groups excluding carboxylic acids is 1. The van der Waals surface area contributed by atoms with Crippen LogP contribution < -0.4 is 4.74 Å². The van der Waals surface area contributed by atoms with Gasteiger partial charge in [0, 0.05) is 25.9 Å². The molecule has 2 N–H and O–H groups in total. The molecule has 0 radical (unpaired) electrons. The fraction of sp³-hybridized carbons (Fsp3) is 0.556. The molecule has 1 aromatic rings. The van der Waals surface area contributed by atoms with E-state index in [4.69, 9.17) is 5.11 Å². The van der Waals surface area contributed by atoms with Gasteiger partial charge >= 0.3 is 12.3 Å². The number of ether oxygens (including phenoxy) is 1. The number of rotatable bonds is 5. The maximum absolute atomic E-state index is 12.8. The minimum Gasteiger partial charge on any atom is -0.479 e. The lowest BCUT2D eigenvalue weighted by atomic mass is 9.89. The summed E-state index contributed by atoms with van der Waals surface area (Å²) >= 11 is 0. The van der Waals surface area contributed by atoms with Crippen LogP contribution in [0, 0.1) is 5.41 Å². The van der Waals surface area contributed by atoms with Gasteiger partial charge in [-0.2, -0.15) is 0 Å². The van der Waals surface area contributed by atoms with Gasteiger partial charge in [0.15, 0.2) is 5.60 Å². The van der Waals surface area contributed by atoms with Gasteiger partial charge in [0.05, 0.1) is 5.41 Å². The second-order valence-corrected chi connectivity index (χ2v) is 7.28. The summed E-state index contributed by atoms with van der Waals surface area (Å²) in [4.78, 5) is 25.5. The van der Waals surface area contributed by atoms with E-state index in [0.29, 0.717) is 19.3 Å². The normalized spacial score (nSPS) is 20.8. The molecular formula is C18H20F3NO5. The zero-order valence-corrected chi connectivity index (χ0v) is 14.5. The summed E-state index contributed by atoms with van der Waals surface area (Å²) in [6.45, 7) is 0.337. The van der Waals surface area contributed by atoms with Crippen LogP contribution in [0.3, 0.4) is 0 Å². The SMILES string of the molecule is O=C(O)C1(O)CCN(C(=O)C2(Cc3ccc(OC(F)(F)F)cc3)CC2)CC1. The summed E-state index contributed by atoms with van der Waals surface area (Å²) in [6, 6.07) is 5.45. The fourth-order valence-corrected chi connectivity index (χ4v) is 3.45. The summed E-state index contributed by atoms with van der Waals surface area (Å²) in [7, 11) is 0. The highest BCUT2D eigenvalue weighted by atomic mass is 19.4. The molecule has 2 fully saturated rings. The molecule has 6 nitrogen and oxygen atoms in total. The van der Waals surface area contributed by atoms with E-state index in [-0.39, 0.29) is 37.6 Å². The van der Waals surface area contributed by atoms with E-state index in [0.717, 1.165) is 5.56 Å². The lowest BCUT2D eigenvalue weighted by molar-refractivity contribution is -0.274. The van der Waals surface area contributed by atoms with Gasteiger partial charge in [0.1, 0.15) is 5.75 Å². The standard InChI is InChI=1S/C18H20F3NO5/c19-18(20,21)27-13-3-1-12(2-4-13)11-16(5-6-16)14(23)22-9-7-17(26,8-10-22)15(24)25/h1-4,26H,5-11H2,(H,24,25). The van der Waals surface area contributed by atoms with Crippen molar-refractivity contribution >= 4 is 11.9 Å². The fourth-order valence-electron chi connectivity index (χ4n) is 3.45. The van der Waals surface area contributed by atoms with Gasteiger partial charge in [-0.3, -0.25) is 4.79 Å². The average molecular weight is 387 g/mol. The third kappa shape index (κ3) is 4.35. The maximum Gasteiger partial charge on any atom is 0.573 e. The van der Waals surface area contributed by atoms with Crippen LogP contribution in [0.4, 0.5) is 13.2 Å². The van der Waals surface area contributed by atoms with Crippen LogP contribution in [-0.4, -0.2) is 52.0 Å². The van der Waals surface area contributed by atoms with Gasteiger partial charge in [-0.25, -0.2) is 4.79 Å². The van der Waals surface area contributed by atoms with Crippen molar-refractivity contribution in [1.82, 2.24) is 4.90 Å². The van der Waals surface area contributed by atoms with Gasteiger partial charge in [-0.05, 0) is 37.0 Å². The van der Waals surface area contributed by atoms with Gasteiger partial charge in [0.2, 0.25) is 5.91 Å². The average Bonchev–Trinajstić information content (AvgIpc) is 3.36. The molecule has 0 atom stereocenters. The Kier molecular flexibility index (Phi) is 4.83. The van der Waals surface area contributed by atoms with Crippen LogP contribution in [-0.2, 0) is 16.0 Å². The molecule has 9 heteroatoms. The first-order valence-corrected chi connectivity index (χ1v) is 8.63. The van der Waals surface area contributed by atoms with Crippen molar-refractivity contribution in [3.63, 3.8) is 0 Å². The minimum absolute atomic E-state index is 0.0202. The molecule has 0 aromatic heterocycles. The van der Waals surface area contributed by atoms with E-state index < -0.39 is 23.3 Å². The molecule has 0 unspecified atom stereocenters. The lowest BCUT2D eigenvalue weighted by Gasteiger charge is -2.37. The molecule has 148 valence electrons. The number of aliphatic carboxylic acids is 1. The molecule has 1 amide bonds. The van der Waals surface area contributed by atoms with E-state index in [1.54, 1.807) is 4.90 Å². The second-order valence-electron chi connectivity index (χ2n) is 7.28. The molecular weight excluding hydrogens is 367 g/mol. The highest BCUT2D eigenvalue weighted by Gasteiger charge is 2.53. The Balaban J connectivity index is 1.61. The smallest absolute Gasteiger partial charge is 0.479 e. The molecule has 1 aromatic carbocycles. The number of hydrogen-bond acceptors (Lipinski definition) is 4. The highest BCUT2D eigenvalue weighted by Crippen LogP contribution is 2.50. The molecule has 27 heavy (non-hydrogen) atoms. The van der Waals surface area contributed by atoms with Crippen LogP contribution in [0.15, 0.2) is 24.3 Å². The van der Waals surface area contributed by atoms with Crippen LogP contribution in [0.5, 0.6) is 5.75 Å². The third-order valence-electron chi connectivity index (χ3n) is 5.28. The van der Waals surface area contributed by atoms with Crippen molar-refractivity contribution in [3.05, 3.63) is 29.8 Å². The highest BCUT2D eigenvalue weighted by molar-refractivity contribution is 5.86. The summed E-state index contributed by atoms with van der Waals surface area (Å²) < 4.78 is 40.5. The number of alkyl halides is 3. The third-order valence-corrected chi connectivity index (χ3v) is 5.28. The second kappa shape index (κ2) is 6.70. The molecule has 1 saturated carbocycles. The van der Waals surface area contributed by atoms with Crippen LogP contribution >= 0.6 is 0 Å². The van der Waals surface area contributed by atoms with Gasteiger partial charge in [0.25, 0.3) is 0 Å². The predicted octanol–water partition coefficient (Wildman–Crippen LogP) is 2.35. The molecule has 0 spiro atoms. The summed E-state index contributed by atoms with van der Waals surface area (Å²) in [5, 5.41) is 19.0. The topological polar surface area (TPSA) is 87.1 Å². The Morgan fingerprint density at radius 1 is 1.07 bits per heavy atom. The van der Waals surface area contributed by atoms with Gasteiger partial charge in [-0.1, -0.05) is 12.1 Å². The number of halogens is 3. The van der Waals surface area contributed by atoms with Crippen molar-refractivity contribution < 1.29 is 37.7 Å². The molecule has 2 aliphatic rings. The monoisotopic (exact) mass is 387 g/mol. The Labute approximate surface area is 153 Å². The maximum atomic E-state index is 12.8. The minimum atomic E-state index is -4.75. The number of carboxylic acid groups (broad SMARTS) is 1. The number of hydrogen-bond donors (Lipinski definition) is 2. The van der Waals surface area contributed by atoms with E-state index in [1.807, 2.05) is 0 Å².